The van der Waals surface area contributed by atoms with Crippen LogP contribution in [-0.2, 0) is 11.3 Å². The summed E-state index contributed by atoms with van der Waals surface area (Å²) in [5, 5.41) is 3.98. The molecule has 0 aliphatic carbocycles. The standard InChI is InChI=1S/C21H25ClFN3O/c1-16(17-6-8-19(22)9-7-17)24-14-21(27)26-12-10-25(11-13-26)15-18-4-2-3-5-20(18)23/h2-9,16,24H,10-15H2,1H3/t16-/m1/s1. The van der Waals surface area contributed by atoms with Gasteiger partial charge in [0.05, 0.1) is 6.54 Å². The van der Waals surface area contributed by atoms with Crippen LogP contribution in [0, 0.1) is 5.82 Å². The number of rotatable bonds is 6. The van der Waals surface area contributed by atoms with Gasteiger partial charge < -0.3 is 10.2 Å². The van der Waals surface area contributed by atoms with Crippen LogP contribution in [0.15, 0.2) is 48.5 Å². The first-order valence-corrected chi connectivity index (χ1v) is 9.63. The topological polar surface area (TPSA) is 35.6 Å². The lowest BCUT2D eigenvalue weighted by molar-refractivity contribution is -0.132. The number of hydrogen-bond donors (Lipinski definition) is 1. The summed E-state index contributed by atoms with van der Waals surface area (Å²) in [5.74, 6) is -0.0715. The number of hydrogen-bond acceptors (Lipinski definition) is 3. The van der Waals surface area contributed by atoms with Crippen LogP contribution >= 0.6 is 11.6 Å². The van der Waals surface area contributed by atoms with E-state index in [4.69, 9.17) is 11.6 Å². The molecular formula is C21H25ClFN3O. The number of nitrogens with zero attached hydrogens (tertiary/aromatic N) is 2. The number of carbonyl (C=O) groups is 1. The van der Waals surface area contributed by atoms with Gasteiger partial charge in [0, 0.05) is 49.4 Å². The van der Waals surface area contributed by atoms with Gasteiger partial charge in [0.1, 0.15) is 5.82 Å². The van der Waals surface area contributed by atoms with E-state index in [0.29, 0.717) is 36.8 Å². The fourth-order valence-corrected chi connectivity index (χ4v) is 3.37. The highest BCUT2D eigenvalue weighted by Gasteiger charge is 2.22. The fourth-order valence-electron chi connectivity index (χ4n) is 3.24. The number of benzene rings is 2. The molecule has 0 radical (unpaired) electrons. The molecule has 1 aliphatic rings. The Morgan fingerprint density at radius 1 is 1.11 bits per heavy atom. The molecule has 1 heterocycles. The number of carbonyl (C=O) groups excluding carboxylic acids is 1. The first kappa shape index (κ1) is 19.8. The van der Waals surface area contributed by atoms with Gasteiger partial charge in [0.2, 0.25) is 5.91 Å². The Balaban J connectivity index is 1.43. The summed E-state index contributed by atoms with van der Waals surface area (Å²) >= 11 is 5.91. The molecule has 2 aromatic rings. The van der Waals surface area contributed by atoms with Crippen molar-refractivity contribution in [3.8, 4) is 0 Å². The SMILES string of the molecule is C[C@@H](NCC(=O)N1CCN(Cc2ccccc2F)CC1)c1ccc(Cl)cc1. The van der Waals surface area contributed by atoms with E-state index >= 15 is 0 Å². The predicted octanol–water partition coefficient (Wildman–Crippen LogP) is 3.47. The van der Waals surface area contributed by atoms with Gasteiger partial charge in [-0.2, -0.15) is 0 Å². The molecule has 1 atom stereocenters. The molecule has 1 fully saturated rings. The van der Waals surface area contributed by atoms with Gasteiger partial charge >= 0.3 is 0 Å². The van der Waals surface area contributed by atoms with Gasteiger partial charge in [-0.05, 0) is 30.7 Å². The fraction of sp³-hybridized carbons (Fsp3) is 0.381. The van der Waals surface area contributed by atoms with Crippen LogP contribution in [0.3, 0.4) is 0 Å². The highest BCUT2D eigenvalue weighted by molar-refractivity contribution is 6.30. The Labute approximate surface area is 164 Å². The van der Waals surface area contributed by atoms with Gasteiger partial charge in [-0.25, -0.2) is 4.39 Å². The summed E-state index contributed by atoms with van der Waals surface area (Å²) in [6.07, 6.45) is 0. The maximum absolute atomic E-state index is 13.8. The molecule has 4 nitrogen and oxygen atoms in total. The Bertz CT molecular complexity index is 760. The second-order valence-corrected chi connectivity index (χ2v) is 7.34. The maximum Gasteiger partial charge on any atom is 0.236 e. The summed E-state index contributed by atoms with van der Waals surface area (Å²) in [6.45, 7) is 5.77. The number of amides is 1. The first-order valence-electron chi connectivity index (χ1n) is 9.25. The maximum atomic E-state index is 13.8. The normalized spacial score (nSPS) is 16.3. The predicted molar refractivity (Wildman–Crippen MR) is 106 cm³/mol. The van der Waals surface area contributed by atoms with Gasteiger partial charge in [-0.1, -0.05) is 41.9 Å². The van der Waals surface area contributed by atoms with Crippen molar-refractivity contribution in [2.24, 2.45) is 0 Å². The third-order valence-electron chi connectivity index (χ3n) is 5.01. The third-order valence-corrected chi connectivity index (χ3v) is 5.26. The molecule has 1 aliphatic heterocycles. The summed E-state index contributed by atoms with van der Waals surface area (Å²) in [7, 11) is 0. The lowest BCUT2D eigenvalue weighted by Gasteiger charge is -2.35. The lowest BCUT2D eigenvalue weighted by atomic mass is 10.1. The second-order valence-electron chi connectivity index (χ2n) is 6.90. The molecule has 1 saturated heterocycles. The second kappa shape index (κ2) is 9.31. The van der Waals surface area contributed by atoms with Crippen LogP contribution in [-0.4, -0.2) is 48.4 Å². The van der Waals surface area contributed by atoms with E-state index in [1.54, 1.807) is 6.07 Å². The highest BCUT2D eigenvalue weighted by Crippen LogP contribution is 2.16. The van der Waals surface area contributed by atoms with Crippen LogP contribution in [0.25, 0.3) is 0 Å². The first-order chi connectivity index (χ1) is 13.0. The van der Waals surface area contributed by atoms with Gasteiger partial charge in [-0.15, -0.1) is 0 Å². The molecule has 144 valence electrons. The molecule has 6 heteroatoms. The minimum absolute atomic E-state index is 0.0774. The molecule has 0 bridgehead atoms. The van der Waals surface area contributed by atoms with Crippen molar-refractivity contribution < 1.29 is 9.18 Å². The quantitative estimate of drug-likeness (QED) is 0.821. The molecule has 1 amide bonds. The summed E-state index contributed by atoms with van der Waals surface area (Å²) in [4.78, 5) is 16.5. The Kier molecular flexibility index (Phi) is 6.83. The summed E-state index contributed by atoms with van der Waals surface area (Å²) < 4.78 is 13.8. The molecular weight excluding hydrogens is 365 g/mol. The van der Waals surface area contributed by atoms with Crippen molar-refractivity contribution >= 4 is 17.5 Å². The van der Waals surface area contributed by atoms with E-state index in [1.807, 2.05) is 48.2 Å². The van der Waals surface area contributed by atoms with Crippen molar-refractivity contribution in [2.45, 2.75) is 19.5 Å². The van der Waals surface area contributed by atoms with Gasteiger partial charge in [0.25, 0.3) is 0 Å². The average molecular weight is 390 g/mol. The van der Waals surface area contributed by atoms with Crippen molar-refractivity contribution in [2.75, 3.05) is 32.7 Å². The Morgan fingerprint density at radius 2 is 1.78 bits per heavy atom. The zero-order valence-corrected chi connectivity index (χ0v) is 16.3. The third kappa shape index (κ3) is 5.51. The lowest BCUT2D eigenvalue weighted by Crippen LogP contribution is -2.50. The molecule has 2 aromatic carbocycles. The highest BCUT2D eigenvalue weighted by atomic mass is 35.5. The zero-order valence-electron chi connectivity index (χ0n) is 15.5. The summed E-state index contributed by atoms with van der Waals surface area (Å²) in [6, 6.07) is 14.6. The Morgan fingerprint density at radius 3 is 2.44 bits per heavy atom. The van der Waals surface area contributed by atoms with Crippen LogP contribution in [0.5, 0.6) is 0 Å². The van der Waals surface area contributed by atoms with Crippen LogP contribution in [0.2, 0.25) is 5.02 Å². The van der Waals surface area contributed by atoms with Crippen LogP contribution in [0.4, 0.5) is 4.39 Å². The molecule has 0 spiro atoms. The zero-order chi connectivity index (χ0) is 19.2. The average Bonchev–Trinajstić information content (AvgIpc) is 2.69. The Hall–Kier alpha value is -1.95. The van der Waals surface area contributed by atoms with E-state index in [9.17, 15) is 9.18 Å². The van der Waals surface area contributed by atoms with E-state index in [1.165, 1.54) is 6.07 Å². The smallest absolute Gasteiger partial charge is 0.236 e. The van der Waals surface area contributed by atoms with Crippen LogP contribution < -0.4 is 5.32 Å². The minimum atomic E-state index is -0.170. The van der Waals surface area contributed by atoms with Crippen molar-refractivity contribution in [1.82, 2.24) is 15.1 Å². The van der Waals surface area contributed by atoms with Crippen molar-refractivity contribution in [1.29, 1.82) is 0 Å². The molecule has 27 heavy (non-hydrogen) atoms. The molecule has 0 unspecified atom stereocenters. The number of halogens is 2. The van der Waals surface area contributed by atoms with E-state index < -0.39 is 0 Å². The number of nitrogens with one attached hydrogen (secondary N) is 1. The van der Waals surface area contributed by atoms with E-state index in [0.717, 1.165) is 18.7 Å². The molecule has 3 rings (SSSR count). The van der Waals surface area contributed by atoms with Gasteiger partial charge in [0.15, 0.2) is 0 Å². The van der Waals surface area contributed by atoms with E-state index in [-0.39, 0.29) is 17.8 Å². The van der Waals surface area contributed by atoms with Crippen molar-refractivity contribution in [3.63, 3.8) is 0 Å². The van der Waals surface area contributed by atoms with E-state index in [2.05, 4.69) is 10.2 Å². The van der Waals surface area contributed by atoms with Gasteiger partial charge in [-0.3, -0.25) is 9.69 Å². The monoisotopic (exact) mass is 389 g/mol. The van der Waals surface area contributed by atoms with Crippen LogP contribution in [0.1, 0.15) is 24.1 Å². The molecule has 1 N–H and O–H groups in total. The minimum Gasteiger partial charge on any atom is -0.339 e. The largest absolute Gasteiger partial charge is 0.339 e. The molecule has 0 aromatic heterocycles. The molecule has 0 saturated carbocycles. The van der Waals surface area contributed by atoms with Crippen molar-refractivity contribution in [3.05, 3.63) is 70.5 Å². The summed E-state index contributed by atoms with van der Waals surface area (Å²) in [5.41, 5.74) is 1.80. The number of piperazine rings is 1.